The molecule has 4 heteroatoms. The predicted octanol–water partition coefficient (Wildman–Crippen LogP) is 2.85. The molecule has 0 unspecified atom stereocenters. The number of ether oxygens (including phenoxy) is 2. The molecule has 0 radical (unpaired) electrons. The molecule has 1 aliphatic heterocycles. The molecular weight excluding hydrogens is 252 g/mol. The quantitative estimate of drug-likeness (QED) is 0.867. The van der Waals surface area contributed by atoms with Gasteiger partial charge in [0.05, 0.1) is 14.2 Å². The number of piperidine rings is 1. The molecule has 1 aliphatic rings. The Hall–Kier alpha value is -1.42. The van der Waals surface area contributed by atoms with E-state index < -0.39 is 0 Å². The minimum atomic E-state index is 0.767. The number of methoxy groups -OCH3 is 2. The van der Waals surface area contributed by atoms with Gasteiger partial charge in [0, 0.05) is 24.8 Å². The Morgan fingerprint density at radius 2 is 1.85 bits per heavy atom. The summed E-state index contributed by atoms with van der Waals surface area (Å²) in [6, 6.07) is 5.94. The Morgan fingerprint density at radius 1 is 1.15 bits per heavy atom. The summed E-state index contributed by atoms with van der Waals surface area (Å²) in [5.41, 5.74) is 1.08. The lowest BCUT2D eigenvalue weighted by atomic mass is 9.99. The Bertz CT molecular complexity index is 415. The highest BCUT2D eigenvalue weighted by molar-refractivity contribution is 5.54. The molecule has 0 saturated carbocycles. The molecule has 112 valence electrons. The first-order valence-corrected chi connectivity index (χ1v) is 7.41. The van der Waals surface area contributed by atoms with Crippen molar-refractivity contribution in [2.75, 3.05) is 45.7 Å². The third kappa shape index (κ3) is 4.04. The lowest BCUT2D eigenvalue weighted by molar-refractivity contribution is 0.199. The summed E-state index contributed by atoms with van der Waals surface area (Å²) in [5.74, 6) is 2.43. The summed E-state index contributed by atoms with van der Waals surface area (Å²) in [5, 5.41) is 3.45. The van der Waals surface area contributed by atoms with Gasteiger partial charge in [-0.25, -0.2) is 0 Å². The molecule has 0 bridgehead atoms. The van der Waals surface area contributed by atoms with Gasteiger partial charge in [0.2, 0.25) is 0 Å². The summed E-state index contributed by atoms with van der Waals surface area (Å²) < 4.78 is 10.5. The zero-order chi connectivity index (χ0) is 14.4. The fourth-order valence-corrected chi connectivity index (χ4v) is 2.59. The highest BCUT2D eigenvalue weighted by Gasteiger charge is 2.14. The first-order chi connectivity index (χ1) is 9.72. The Kier molecular flexibility index (Phi) is 5.53. The Morgan fingerprint density at radius 3 is 2.50 bits per heavy atom. The van der Waals surface area contributed by atoms with Crippen molar-refractivity contribution in [1.82, 2.24) is 4.90 Å². The zero-order valence-electron chi connectivity index (χ0n) is 12.8. The topological polar surface area (TPSA) is 33.7 Å². The third-order valence-corrected chi connectivity index (χ3v) is 4.02. The van der Waals surface area contributed by atoms with E-state index in [1.54, 1.807) is 14.2 Å². The van der Waals surface area contributed by atoms with Crippen LogP contribution >= 0.6 is 0 Å². The number of nitrogens with one attached hydrogen (secondary N) is 1. The number of benzene rings is 1. The van der Waals surface area contributed by atoms with Crippen molar-refractivity contribution in [3.05, 3.63) is 18.2 Å². The average Bonchev–Trinajstić information content (AvgIpc) is 2.49. The molecule has 0 atom stereocenters. The molecule has 1 saturated heterocycles. The van der Waals surface area contributed by atoms with E-state index in [4.69, 9.17) is 9.47 Å². The highest BCUT2D eigenvalue weighted by atomic mass is 16.5. The van der Waals surface area contributed by atoms with Gasteiger partial charge in [-0.05, 0) is 44.0 Å². The summed E-state index contributed by atoms with van der Waals surface area (Å²) in [7, 11) is 3.32. The van der Waals surface area contributed by atoms with Gasteiger partial charge < -0.3 is 19.7 Å². The average molecular weight is 278 g/mol. The van der Waals surface area contributed by atoms with Gasteiger partial charge in [-0.3, -0.25) is 0 Å². The monoisotopic (exact) mass is 278 g/mol. The minimum Gasteiger partial charge on any atom is -0.493 e. The highest BCUT2D eigenvalue weighted by Crippen LogP contribution is 2.29. The number of hydrogen-bond donors (Lipinski definition) is 1. The molecule has 2 rings (SSSR count). The second-order valence-electron chi connectivity index (χ2n) is 5.52. The van der Waals surface area contributed by atoms with Gasteiger partial charge >= 0.3 is 0 Å². The maximum Gasteiger partial charge on any atom is 0.162 e. The number of likely N-dealkylation sites (tertiary alicyclic amines) is 1. The number of hydrogen-bond acceptors (Lipinski definition) is 4. The number of nitrogens with zero attached hydrogens (tertiary/aromatic N) is 1. The van der Waals surface area contributed by atoms with Crippen LogP contribution in [0.3, 0.4) is 0 Å². The van der Waals surface area contributed by atoms with Crippen molar-refractivity contribution in [3.8, 4) is 11.5 Å². The molecule has 1 aromatic rings. The molecule has 1 aromatic carbocycles. The summed E-state index contributed by atoms with van der Waals surface area (Å²) in [6.45, 7) is 6.87. The summed E-state index contributed by atoms with van der Waals surface area (Å²) >= 11 is 0. The van der Waals surface area contributed by atoms with E-state index in [2.05, 4.69) is 17.1 Å². The van der Waals surface area contributed by atoms with Crippen LogP contribution in [0.4, 0.5) is 5.69 Å². The minimum absolute atomic E-state index is 0.767. The lowest BCUT2D eigenvalue weighted by Crippen LogP contribution is -2.36. The molecule has 0 aromatic heterocycles. The lowest BCUT2D eigenvalue weighted by Gasteiger charge is -2.30. The Balaban J connectivity index is 1.79. The molecule has 0 amide bonds. The zero-order valence-corrected chi connectivity index (χ0v) is 12.8. The SMILES string of the molecule is COc1ccc(NCCN2CCC(C)CC2)cc1OC. The van der Waals surface area contributed by atoms with Gasteiger partial charge in [-0.1, -0.05) is 6.92 Å². The van der Waals surface area contributed by atoms with Crippen molar-refractivity contribution < 1.29 is 9.47 Å². The van der Waals surface area contributed by atoms with E-state index in [0.29, 0.717) is 0 Å². The van der Waals surface area contributed by atoms with Crippen LogP contribution in [0.2, 0.25) is 0 Å². The molecule has 1 fully saturated rings. The van der Waals surface area contributed by atoms with Gasteiger partial charge in [0.1, 0.15) is 0 Å². The third-order valence-electron chi connectivity index (χ3n) is 4.02. The van der Waals surface area contributed by atoms with E-state index in [1.807, 2.05) is 18.2 Å². The summed E-state index contributed by atoms with van der Waals surface area (Å²) in [4.78, 5) is 2.54. The number of anilines is 1. The van der Waals surface area contributed by atoms with Crippen molar-refractivity contribution in [2.45, 2.75) is 19.8 Å². The predicted molar refractivity (Wildman–Crippen MR) is 82.9 cm³/mol. The van der Waals surface area contributed by atoms with Crippen LogP contribution in [0.15, 0.2) is 18.2 Å². The van der Waals surface area contributed by atoms with Crippen LogP contribution < -0.4 is 14.8 Å². The van der Waals surface area contributed by atoms with E-state index in [1.165, 1.54) is 25.9 Å². The standard InChI is InChI=1S/C16H26N2O2/c1-13-6-9-18(10-7-13)11-8-17-14-4-5-15(19-2)16(12-14)20-3/h4-5,12-13,17H,6-11H2,1-3H3. The Labute approximate surface area is 122 Å². The maximum atomic E-state index is 5.31. The smallest absolute Gasteiger partial charge is 0.162 e. The van der Waals surface area contributed by atoms with Crippen LogP contribution in [-0.2, 0) is 0 Å². The van der Waals surface area contributed by atoms with Crippen LogP contribution in [0, 0.1) is 5.92 Å². The van der Waals surface area contributed by atoms with Crippen molar-refractivity contribution in [1.29, 1.82) is 0 Å². The molecule has 1 heterocycles. The van der Waals surface area contributed by atoms with Crippen LogP contribution in [0.25, 0.3) is 0 Å². The van der Waals surface area contributed by atoms with Crippen molar-refractivity contribution in [2.24, 2.45) is 5.92 Å². The van der Waals surface area contributed by atoms with Gasteiger partial charge in [-0.2, -0.15) is 0 Å². The largest absolute Gasteiger partial charge is 0.493 e. The fourth-order valence-electron chi connectivity index (χ4n) is 2.59. The van der Waals surface area contributed by atoms with Gasteiger partial charge in [-0.15, -0.1) is 0 Å². The summed E-state index contributed by atoms with van der Waals surface area (Å²) in [6.07, 6.45) is 2.66. The molecule has 4 nitrogen and oxygen atoms in total. The maximum absolute atomic E-state index is 5.31. The van der Waals surface area contributed by atoms with E-state index in [9.17, 15) is 0 Å². The van der Waals surface area contributed by atoms with Gasteiger partial charge in [0.25, 0.3) is 0 Å². The van der Waals surface area contributed by atoms with Crippen molar-refractivity contribution >= 4 is 5.69 Å². The van der Waals surface area contributed by atoms with E-state index in [-0.39, 0.29) is 0 Å². The molecule has 0 spiro atoms. The molecule has 20 heavy (non-hydrogen) atoms. The van der Waals surface area contributed by atoms with Crippen molar-refractivity contribution in [3.63, 3.8) is 0 Å². The molecule has 1 N–H and O–H groups in total. The first kappa shape index (κ1) is 15.0. The van der Waals surface area contributed by atoms with Crippen LogP contribution in [0.1, 0.15) is 19.8 Å². The first-order valence-electron chi connectivity index (χ1n) is 7.41. The van der Waals surface area contributed by atoms with Crippen LogP contribution in [-0.4, -0.2) is 45.3 Å². The van der Waals surface area contributed by atoms with E-state index >= 15 is 0 Å². The molecular formula is C16H26N2O2. The normalized spacial score (nSPS) is 16.9. The van der Waals surface area contributed by atoms with E-state index in [0.717, 1.165) is 36.2 Å². The molecule has 0 aliphatic carbocycles. The fraction of sp³-hybridized carbons (Fsp3) is 0.625. The number of rotatable bonds is 6. The van der Waals surface area contributed by atoms with Crippen LogP contribution in [0.5, 0.6) is 11.5 Å². The second kappa shape index (κ2) is 7.39. The van der Waals surface area contributed by atoms with Gasteiger partial charge in [0.15, 0.2) is 11.5 Å². The second-order valence-corrected chi connectivity index (χ2v) is 5.52.